The molecule has 0 bridgehead atoms. The summed E-state index contributed by atoms with van der Waals surface area (Å²) in [6.45, 7) is 1.69. The highest BCUT2D eigenvalue weighted by molar-refractivity contribution is 7.14. The second-order valence-corrected chi connectivity index (χ2v) is 7.52. The van der Waals surface area contributed by atoms with Gasteiger partial charge in [-0.25, -0.2) is 0 Å². The molecule has 4 nitrogen and oxygen atoms in total. The molecule has 0 aliphatic rings. The molecule has 138 valence electrons. The van der Waals surface area contributed by atoms with Gasteiger partial charge in [0, 0.05) is 22.2 Å². The number of hydrogen-bond acceptors (Lipinski definition) is 5. The number of ketones is 1. The van der Waals surface area contributed by atoms with Gasteiger partial charge in [-0.15, -0.1) is 11.3 Å². The number of carbonyl (C=O) groups excluding carboxylic acids is 1. The minimum Gasteiger partial charge on any atom is -0.508 e. The van der Waals surface area contributed by atoms with Gasteiger partial charge in [0.05, 0.1) is 14.9 Å². The zero-order valence-electron chi connectivity index (χ0n) is 14.2. The van der Waals surface area contributed by atoms with Gasteiger partial charge >= 0.3 is 0 Å². The molecule has 0 atom stereocenters. The molecule has 2 N–H and O–H groups in total. The number of halogens is 2. The molecular formula is C20H15Cl2NO3S. The third kappa shape index (κ3) is 4.33. The van der Waals surface area contributed by atoms with Crippen molar-refractivity contribution in [2.45, 2.75) is 6.92 Å². The van der Waals surface area contributed by atoms with Crippen LogP contribution in [0.3, 0.4) is 0 Å². The zero-order chi connectivity index (χ0) is 19.6. The molecule has 3 rings (SSSR count). The third-order valence-electron chi connectivity index (χ3n) is 3.99. The lowest BCUT2D eigenvalue weighted by Crippen LogP contribution is -2.05. The number of rotatable bonds is 5. The van der Waals surface area contributed by atoms with Gasteiger partial charge in [-0.05, 0) is 48.9 Å². The summed E-state index contributed by atoms with van der Waals surface area (Å²) in [6.07, 6.45) is 0. The van der Waals surface area contributed by atoms with Crippen molar-refractivity contribution in [1.82, 2.24) is 0 Å². The Kier molecular flexibility index (Phi) is 5.85. The van der Waals surface area contributed by atoms with E-state index in [9.17, 15) is 15.0 Å². The largest absolute Gasteiger partial charge is 0.508 e. The molecule has 27 heavy (non-hydrogen) atoms. The van der Waals surface area contributed by atoms with Crippen molar-refractivity contribution >= 4 is 46.0 Å². The number of aliphatic imine (C=N–C) groups is 1. The van der Waals surface area contributed by atoms with Crippen LogP contribution < -0.4 is 0 Å². The van der Waals surface area contributed by atoms with E-state index in [4.69, 9.17) is 23.2 Å². The van der Waals surface area contributed by atoms with Gasteiger partial charge in [0.25, 0.3) is 0 Å². The average Bonchev–Trinajstić information content (AvgIpc) is 3.04. The first kappa shape index (κ1) is 19.4. The maximum Gasteiger partial charge on any atom is 0.184 e. The average molecular weight is 420 g/mol. The van der Waals surface area contributed by atoms with Crippen molar-refractivity contribution in [2.24, 2.45) is 4.99 Å². The van der Waals surface area contributed by atoms with E-state index in [0.717, 1.165) is 5.56 Å². The Morgan fingerprint density at radius 3 is 2.44 bits per heavy atom. The molecule has 1 heterocycles. The Hall–Kier alpha value is -2.34. The van der Waals surface area contributed by atoms with Crippen LogP contribution in [0.4, 0.5) is 0 Å². The molecule has 0 aliphatic carbocycles. The molecule has 0 aliphatic heterocycles. The topological polar surface area (TPSA) is 69.9 Å². The first-order valence-corrected chi connectivity index (χ1v) is 9.60. The summed E-state index contributed by atoms with van der Waals surface area (Å²) < 4.78 is 0. The van der Waals surface area contributed by atoms with Gasteiger partial charge in [-0.2, -0.15) is 0 Å². The number of aromatic hydroxyl groups is 2. The molecule has 0 unspecified atom stereocenters. The van der Waals surface area contributed by atoms with Crippen molar-refractivity contribution in [3.05, 3.63) is 69.0 Å². The number of nitrogens with zero attached hydrogens (tertiary/aromatic N) is 1. The number of phenols is 1. The van der Waals surface area contributed by atoms with Crippen LogP contribution in [-0.4, -0.2) is 28.3 Å². The number of hydrogen-bond donors (Lipinski definition) is 2. The summed E-state index contributed by atoms with van der Waals surface area (Å²) in [6, 6.07) is 11.2. The number of carbonyl (C=O) groups is 1. The minimum atomic E-state index is -0.172. The Labute approximate surface area is 170 Å². The smallest absolute Gasteiger partial charge is 0.184 e. The lowest BCUT2D eigenvalue weighted by molar-refractivity contribution is 0.100. The standard InChI is InChI=1S/C20H15Cl2NO3S/c1-11(23-9-18(25)12-2-5-14(24)6-3-12)15-10-27-20(19(15)26)13-4-7-16(21)17(22)8-13/h2-8,10,24,26H,9H2,1H3. The summed E-state index contributed by atoms with van der Waals surface area (Å²) in [7, 11) is 0. The quantitative estimate of drug-likeness (QED) is 0.403. The van der Waals surface area contributed by atoms with Crippen molar-refractivity contribution in [3.8, 4) is 21.9 Å². The fourth-order valence-corrected chi connectivity index (χ4v) is 3.77. The van der Waals surface area contributed by atoms with Crippen LogP contribution in [0.25, 0.3) is 10.4 Å². The second-order valence-electron chi connectivity index (χ2n) is 5.83. The van der Waals surface area contributed by atoms with Crippen LogP contribution in [0, 0.1) is 0 Å². The maximum atomic E-state index is 12.2. The monoisotopic (exact) mass is 419 g/mol. The molecule has 0 fully saturated rings. The summed E-state index contributed by atoms with van der Waals surface area (Å²) >= 11 is 13.3. The van der Waals surface area contributed by atoms with Crippen LogP contribution in [0.1, 0.15) is 22.8 Å². The van der Waals surface area contributed by atoms with Gasteiger partial charge in [0.2, 0.25) is 0 Å². The van der Waals surface area contributed by atoms with E-state index < -0.39 is 0 Å². The Balaban J connectivity index is 1.80. The minimum absolute atomic E-state index is 0.0476. The Bertz CT molecular complexity index is 1030. The molecule has 0 amide bonds. The van der Waals surface area contributed by atoms with Gasteiger partial charge < -0.3 is 10.2 Å². The molecule has 0 saturated heterocycles. The molecule has 0 spiro atoms. The summed E-state index contributed by atoms with van der Waals surface area (Å²) in [5.41, 5.74) is 2.35. The molecule has 0 saturated carbocycles. The van der Waals surface area contributed by atoms with Gasteiger partial charge in [-0.3, -0.25) is 9.79 Å². The van der Waals surface area contributed by atoms with Crippen molar-refractivity contribution in [1.29, 1.82) is 0 Å². The SMILES string of the molecule is CC(=NCC(=O)c1ccc(O)cc1)c1csc(-c2ccc(Cl)c(Cl)c2)c1O. The predicted molar refractivity (Wildman–Crippen MR) is 111 cm³/mol. The third-order valence-corrected chi connectivity index (χ3v) is 5.74. The van der Waals surface area contributed by atoms with Gasteiger partial charge in [-0.1, -0.05) is 29.3 Å². The van der Waals surface area contributed by atoms with Crippen molar-refractivity contribution in [2.75, 3.05) is 6.54 Å². The maximum absolute atomic E-state index is 12.2. The second kappa shape index (κ2) is 8.13. The lowest BCUT2D eigenvalue weighted by Gasteiger charge is -2.04. The number of phenolic OH excluding ortho intramolecular Hbond substituents is 1. The van der Waals surface area contributed by atoms with Crippen LogP contribution in [0.2, 0.25) is 10.0 Å². The number of benzene rings is 2. The predicted octanol–water partition coefficient (Wildman–Crippen LogP) is 5.83. The number of Topliss-reactive ketones (excluding diaryl/α,β-unsaturated/α-hetero) is 1. The highest BCUT2D eigenvalue weighted by Crippen LogP contribution is 2.40. The summed E-state index contributed by atoms with van der Waals surface area (Å²) in [4.78, 5) is 17.1. The van der Waals surface area contributed by atoms with Gasteiger partial charge in [0.1, 0.15) is 18.0 Å². The van der Waals surface area contributed by atoms with E-state index in [2.05, 4.69) is 4.99 Å². The van der Waals surface area contributed by atoms with E-state index in [1.807, 2.05) is 0 Å². The van der Waals surface area contributed by atoms with E-state index in [0.29, 0.717) is 31.8 Å². The van der Waals surface area contributed by atoms with Crippen LogP contribution in [0.5, 0.6) is 11.5 Å². The van der Waals surface area contributed by atoms with E-state index in [1.54, 1.807) is 42.6 Å². The van der Waals surface area contributed by atoms with Crippen molar-refractivity contribution < 1.29 is 15.0 Å². The fourth-order valence-electron chi connectivity index (χ4n) is 2.46. The highest BCUT2D eigenvalue weighted by Gasteiger charge is 2.16. The van der Waals surface area contributed by atoms with Crippen molar-refractivity contribution in [3.63, 3.8) is 0 Å². The molecule has 7 heteroatoms. The normalized spacial score (nSPS) is 11.6. The van der Waals surface area contributed by atoms with E-state index in [1.165, 1.54) is 23.5 Å². The van der Waals surface area contributed by atoms with E-state index >= 15 is 0 Å². The lowest BCUT2D eigenvalue weighted by atomic mass is 10.1. The first-order valence-electron chi connectivity index (χ1n) is 7.96. The van der Waals surface area contributed by atoms with E-state index in [-0.39, 0.29) is 23.8 Å². The molecule has 2 aromatic carbocycles. The first-order chi connectivity index (χ1) is 12.9. The highest BCUT2D eigenvalue weighted by atomic mass is 35.5. The molecule has 1 aromatic heterocycles. The van der Waals surface area contributed by atoms with Crippen LogP contribution >= 0.6 is 34.5 Å². The summed E-state index contributed by atoms with van der Waals surface area (Å²) in [5, 5.41) is 22.5. The molecule has 3 aromatic rings. The number of thiophene rings is 1. The summed E-state index contributed by atoms with van der Waals surface area (Å²) in [5.74, 6) is 0.0229. The Morgan fingerprint density at radius 2 is 1.78 bits per heavy atom. The Morgan fingerprint density at radius 1 is 1.07 bits per heavy atom. The molecular weight excluding hydrogens is 405 g/mol. The van der Waals surface area contributed by atoms with Gasteiger partial charge in [0.15, 0.2) is 5.78 Å². The fraction of sp³-hybridized carbons (Fsp3) is 0.100. The van der Waals surface area contributed by atoms with Crippen LogP contribution in [0.15, 0.2) is 52.8 Å². The molecule has 0 radical (unpaired) electrons. The zero-order valence-corrected chi connectivity index (χ0v) is 16.6. The van der Waals surface area contributed by atoms with Crippen LogP contribution in [-0.2, 0) is 0 Å².